The van der Waals surface area contributed by atoms with Gasteiger partial charge in [-0.25, -0.2) is 0 Å². The van der Waals surface area contributed by atoms with Gasteiger partial charge in [0.25, 0.3) is 0 Å². The van der Waals surface area contributed by atoms with Crippen LogP contribution in [-0.2, 0) is 4.74 Å². The fourth-order valence-corrected chi connectivity index (χ4v) is 13.2. The van der Waals surface area contributed by atoms with Crippen molar-refractivity contribution in [3.8, 4) is 0 Å². The second-order valence-electron chi connectivity index (χ2n) is 16.4. The first-order chi connectivity index (χ1) is 16.1. The highest BCUT2D eigenvalue weighted by Gasteiger charge is 2.84. The summed E-state index contributed by atoms with van der Waals surface area (Å²) >= 11 is 0. The van der Waals surface area contributed by atoms with E-state index in [0.29, 0.717) is 21.7 Å². The summed E-state index contributed by atoms with van der Waals surface area (Å²) in [4.78, 5) is 0. The molecule has 0 aromatic heterocycles. The van der Waals surface area contributed by atoms with Gasteiger partial charge in [-0.3, -0.25) is 0 Å². The number of ether oxygens (including phenoxy) is 1. The van der Waals surface area contributed by atoms with E-state index < -0.39 is 5.60 Å². The van der Waals surface area contributed by atoms with Crippen molar-refractivity contribution in [1.29, 1.82) is 0 Å². The Morgan fingerprint density at radius 3 is 2.20 bits per heavy atom. The average molecular weight is 483 g/mol. The topological polar surface area (TPSA) is 29.5 Å². The summed E-state index contributed by atoms with van der Waals surface area (Å²) in [6.07, 6.45) is 15.0. The molecule has 1 N–H and O–H groups in total. The predicted octanol–water partition coefficient (Wildman–Crippen LogP) is 8.33. The quantitative estimate of drug-likeness (QED) is 0.401. The summed E-state index contributed by atoms with van der Waals surface area (Å²) in [5, 5.41) is 12.2. The smallest absolute Gasteiger partial charge is 0.0944 e. The number of fused-ring (bicyclic) bond motifs is 4. The maximum Gasteiger partial charge on any atom is 0.0944 e. The van der Waals surface area contributed by atoms with Crippen molar-refractivity contribution in [2.45, 2.75) is 144 Å². The van der Waals surface area contributed by atoms with Crippen molar-refractivity contribution in [2.24, 2.45) is 50.7 Å². The molecule has 6 rings (SSSR count). The van der Waals surface area contributed by atoms with Crippen LogP contribution in [0.25, 0.3) is 0 Å². The zero-order chi connectivity index (χ0) is 25.4. The molecule has 2 spiro atoms. The Balaban J connectivity index is 1.41. The van der Waals surface area contributed by atoms with E-state index >= 15 is 0 Å². The van der Waals surface area contributed by atoms with Crippen LogP contribution in [0, 0.1) is 50.7 Å². The van der Waals surface area contributed by atoms with E-state index in [9.17, 15) is 5.11 Å². The van der Waals surface area contributed by atoms with E-state index in [4.69, 9.17) is 4.74 Å². The van der Waals surface area contributed by atoms with Crippen molar-refractivity contribution in [1.82, 2.24) is 0 Å². The van der Waals surface area contributed by atoms with Gasteiger partial charge in [0.1, 0.15) is 0 Å². The lowest BCUT2D eigenvalue weighted by Crippen LogP contribution is -2.67. The molecule has 5 aliphatic carbocycles. The van der Waals surface area contributed by atoms with Gasteiger partial charge in [-0.15, -0.1) is 0 Å². The molecule has 0 aromatic rings. The van der Waals surface area contributed by atoms with E-state index in [-0.39, 0.29) is 23.0 Å². The van der Waals surface area contributed by atoms with E-state index in [1.54, 1.807) is 0 Å². The highest BCUT2D eigenvalue weighted by atomic mass is 16.5. The minimum atomic E-state index is -0.741. The summed E-state index contributed by atoms with van der Waals surface area (Å²) < 4.78 is 7.09. The van der Waals surface area contributed by atoms with E-state index in [0.717, 1.165) is 24.2 Å². The number of allylic oxidation sites excluding steroid dienone is 1. The molecule has 1 saturated heterocycles. The Morgan fingerprint density at radius 2 is 1.51 bits per heavy atom. The van der Waals surface area contributed by atoms with E-state index in [2.05, 4.69) is 68.4 Å². The van der Waals surface area contributed by atoms with Crippen molar-refractivity contribution in [2.75, 3.05) is 0 Å². The van der Waals surface area contributed by atoms with Gasteiger partial charge in [0.05, 0.1) is 17.3 Å². The number of hydrogen-bond donors (Lipinski definition) is 1. The predicted molar refractivity (Wildman–Crippen MR) is 144 cm³/mol. The van der Waals surface area contributed by atoms with Gasteiger partial charge in [0.2, 0.25) is 0 Å². The summed E-state index contributed by atoms with van der Waals surface area (Å²) in [7, 11) is 0. The first-order valence-electron chi connectivity index (χ1n) is 15.1. The standard InChI is InChI=1S/C33H54O2/c1-21(2)10-11-25-31(9,34)26-30(8)17-14-24-28(6)15-12-22(3)27(4,5)23(28)13-16-29(24,7)33(30)19-18-32(26,20-33)35-25/h10,22-26,34H,11-20H2,1-9H3. The van der Waals surface area contributed by atoms with Crippen LogP contribution in [0.2, 0.25) is 0 Å². The molecule has 11 unspecified atom stereocenters. The fourth-order valence-electron chi connectivity index (χ4n) is 13.2. The van der Waals surface area contributed by atoms with Crippen LogP contribution in [0.3, 0.4) is 0 Å². The molecular formula is C33H54O2. The SMILES string of the molecule is CC(C)=CCC1OC23CCC4(C2)C(C)(CCC2C5(C)CCC(C)C(C)(C)C5CCC24C)C3C1(C)O. The third kappa shape index (κ3) is 2.66. The minimum Gasteiger partial charge on any atom is -0.387 e. The van der Waals surface area contributed by atoms with Gasteiger partial charge in [0, 0.05) is 5.92 Å². The first-order valence-corrected chi connectivity index (χ1v) is 15.1. The van der Waals surface area contributed by atoms with Gasteiger partial charge in [-0.2, -0.15) is 0 Å². The van der Waals surface area contributed by atoms with E-state index in [1.807, 2.05) is 0 Å². The molecular weight excluding hydrogens is 428 g/mol. The van der Waals surface area contributed by atoms with Crippen LogP contribution >= 0.6 is 0 Å². The molecule has 5 saturated carbocycles. The Kier molecular flexibility index (Phi) is 4.99. The average Bonchev–Trinajstić information content (AvgIpc) is 3.32. The van der Waals surface area contributed by atoms with Crippen LogP contribution in [-0.4, -0.2) is 22.4 Å². The van der Waals surface area contributed by atoms with Gasteiger partial charge >= 0.3 is 0 Å². The Hall–Kier alpha value is -0.340. The largest absolute Gasteiger partial charge is 0.387 e. The lowest BCUT2D eigenvalue weighted by atomic mass is 9.31. The summed E-state index contributed by atoms with van der Waals surface area (Å²) in [5.74, 6) is 2.77. The third-order valence-corrected chi connectivity index (χ3v) is 14.8. The fraction of sp³-hybridized carbons (Fsp3) is 0.939. The summed E-state index contributed by atoms with van der Waals surface area (Å²) in [6.45, 7) is 22.2. The molecule has 0 amide bonds. The second kappa shape index (κ2) is 6.99. The molecule has 2 bridgehead atoms. The molecule has 1 aliphatic heterocycles. The molecule has 1 heterocycles. The first kappa shape index (κ1) is 25.0. The van der Waals surface area contributed by atoms with Crippen molar-refractivity contribution < 1.29 is 9.84 Å². The van der Waals surface area contributed by atoms with Crippen molar-refractivity contribution >= 4 is 0 Å². The molecule has 2 heteroatoms. The van der Waals surface area contributed by atoms with Gasteiger partial charge in [-0.1, -0.05) is 53.2 Å². The number of aliphatic hydroxyl groups is 1. The summed E-state index contributed by atoms with van der Waals surface area (Å²) in [6, 6.07) is 0. The molecule has 198 valence electrons. The Labute approximate surface area is 216 Å². The summed E-state index contributed by atoms with van der Waals surface area (Å²) in [5.41, 5.74) is 2.26. The highest BCUT2D eigenvalue weighted by molar-refractivity contribution is 5.33. The molecule has 6 fully saturated rings. The van der Waals surface area contributed by atoms with Gasteiger partial charge in [0.15, 0.2) is 0 Å². The maximum absolute atomic E-state index is 12.2. The Morgan fingerprint density at radius 1 is 0.857 bits per heavy atom. The van der Waals surface area contributed by atoms with Crippen LogP contribution in [0.4, 0.5) is 0 Å². The highest BCUT2D eigenvalue weighted by Crippen LogP contribution is 2.86. The van der Waals surface area contributed by atoms with Crippen molar-refractivity contribution in [3.63, 3.8) is 0 Å². The zero-order valence-electron chi connectivity index (χ0n) is 24.4. The van der Waals surface area contributed by atoms with Gasteiger partial charge < -0.3 is 9.84 Å². The molecule has 0 radical (unpaired) electrons. The third-order valence-electron chi connectivity index (χ3n) is 14.8. The molecule has 6 aliphatic rings. The second-order valence-corrected chi connectivity index (χ2v) is 16.4. The Bertz CT molecular complexity index is 943. The van der Waals surface area contributed by atoms with Crippen LogP contribution in [0.15, 0.2) is 11.6 Å². The maximum atomic E-state index is 12.2. The zero-order valence-corrected chi connectivity index (χ0v) is 24.4. The molecule has 0 aromatic carbocycles. The van der Waals surface area contributed by atoms with Crippen LogP contribution < -0.4 is 0 Å². The van der Waals surface area contributed by atoms with Crippen molar-refractivity contribution in [3.05, 3.63) is 11.6 Å². The normalized spacial score (nSPS) is 59.9. The number of hydrogen-bond acceptors (Lipinski definition) is 2. The minimum absolute atomic E-state index is 0.0604. The lowest BCUT2D eigenvalue weighted by Gasteiger charge is -2.73. The van der Waals surface area contributed by atoms with Gasteiger partial charge in [-0.05, 0) is 130 Å². The number of rotatable bonds is 2. The van der Waals surface area contributed by atoms with Crippen LogP contribution in [0.5, 0.6) is 0 Å². The lowest BCUT2D eigenvalue weighted by molar-refractivity contribution is -0.250. The molecule has 35 heavy (non-hydrogen) atoms. The monoisotopic (exact) mass is 482 g/mol. The van der Waals surface area contributed by atoms with Crippen LogP contribution in [0.1, 0.15) is 127 Å². The molecule has 11 atom stereocenters. The van der Waals surface area contributed by atoms with E-state index in [1.165, 1.54) is 63.4 Å². The molecule has 2 nitrogen and oxygen atoms in total.